The molecule has 1 heteroatoms. The maximum absolute atomic E-state index is 3.70. The normalized spacial score (nSPS) is 19.8. The molecule has 17 heavy (non-hydrogen) atoms. The zero-order valence-electron chi connectivity index (χ0n) is 11.0. The maximum atomic E-state index is 3.70. The van der Waals surface area contributed by atoms with Gasteiger partial charge in [0, 0.05) is 12.6 Å². The first-order chi connectivity index (χ1) is 8.36. The number of benzene rings is 1. The van der Waals surface area contributed by atoms with Crippen LogP contribution in [0, 0.1) is 5.92 Å². The highest BCUT2D eigenvalue weighted by Gasteiger charge is 2.18. The van der Waals surface area contributed by atoms with Crippen molar-refractivity contribution in [3.05, 3.63) is 35.9 Å². The summed E-state index contributed by atoms with van der Waals surface area (Å²) < 4.78 is 0. The van der Waals surface area contributed by atoms with Gasteiger partial charge in [0.25, 0.3) is 0 Å². The van der Waals surface area contributed by atoms with E-state index in [1.54, 1.807) is 0 Å². The third-order valence-corrected chi connectivity index (χ3v) is 4.08. The van der Waals surface area contributed by atoms with Crippen LogP contribution in [0.3, 0.4) is 0 Å². The Morgan fingerprint density at radius 2 is 1.71 bits per heavy atom. The second kappa shape index (κ2) is 6.80. The number of hydrogen-bond acceptors (Lipinski definition) is 1. The van der Waals surface area contributed by atoms with Crippen LogP contribution >= 0.6 is 0 Å². The molecule has 0 saturated heterocycles. The van der Waals surface area contributed by atoms with Gasteiger partial charge < -0.3 is 5.32 Å². The first-order valence-corrected chi connectivity index (χ1v) is 7.13. The minimum Gasteiger partial charge on any atom is -0.310 e. The third kappa shape index (κ3) is 4.16. The SMILES string of the molecule is C[C@H](NCc1ccccc1)C1CCCCCC1. The van der Waals surface area contributed by atoms with Crippen LogP contribution in [0.15, 0.2) is 30.3 Å². The summed E-state index contributed by atoms with van der Waals surface area (Å²) >= 11 is 0. The Hall–Kier alpha value is -0.820. The fourth-order valence-electron chi connectivity index (χ4n) is 2.85. The molecule has 0 amide bonds. The van der Waals surface area contributed by atoms with E-state index in [0.717, 1.165) is 12.5 Å². The Labute approximate surface area is 106 Å². The van der Waals surface area contributed by atoms with Crippen molar-refractivity contribution in [2.24, 2.45) is 5.92 Å². The summed E-state index contributed by atoms with van der Waals surface area (Å²) in [6.07, 6.45) is 8.60. The lowest BCUT2D eigenvalue weighted by Gasteiger charge is -2.23. The maximum Gasteiger partial charge on any atom is 0.0208 e. The van der Waals surface area contributed by atoms with Crippen molar-refractivity contribution in [3.8, 4) is 0 Å². The molecule has 1 atom stereocenters. The zero-order chi connectivity index (χ0) is 11.9. The molecule has 1 aromatic carbocycles. The molecule has 1 aliphatic carbocycles. The van der Waals surface area contributed by atoms with Gasteiger partial charge in [0.1, 0.15) is 0 Å². The van der Waals surface area contributed by atoms with Crippen molar-refractivity contribution >= 4 is 0 Å². The monoisotopic (exact) mass is 231 g/mol. The van der Waals surface area contributed by atoms with Crippen LogP contribution in [0.4, 0.5) is 0 Å². The van der Waals surface area contributed by atoms with Crippen molar-refractivity contribution in [3.63, 3.8) is 0 Å². The summed E-state index contributed by atoms with van der Waals surface area (Å²) in [7, 11) is 0. The third-order valence-electron chi connectivity index (χ3n) is 4.08. The largest absolute Gasteiger partial charge is 0.310 e. The molecule has 1 fully saturated rings. The van der Waals surface area contributed by atoms with Crippen molar-refractivity contribution < 1.29 is 0 Å². The van der Waals surface area contributed by atoms with Crippen LogP contribution in [-0.4, -0.2) is 6.04 Å². The summed E-state index contributed by atoms with van der Waals surface area (Å²) in [6, 6.07) is 11.4. The lowest BCUT2D eigenvalue weighted by molar-refractivity contribution is 0.336. The van der Waals surface area contributed by atoms with Gasteiger partial charge in [-0.15, -0.1) is 0 Å². The smallest absolute Gasteiger partial charge is 0.0208 e. The Morgan fingerprint density at radius 1 is 1.06 bits per heavy atom. The van der Waals surface area contributed by atoms with E-state index in [9.17, 15) is 0 Å². The highest BCUT2D eigenvalue weighted by Crippen LogP contribution is 2.25. The molecule has 1 aliphatic rings. The number of hydrogen-bond donors (Lipinski definition) is 1. The van der Waals surface area contributed by atoms with Crippen molar-refractivity contribution in [2.75, 3.05) is 0 Å². The van der Waals surface area contributed by atoms with Gasteiger partial charge in [-0.3, -0.25) is 0 Å². The van der Waals surface area contributed by atoms with Gasteiger partial charge in [-0.2, -0.15) is 0 Å². The molecule has 94 valence electrons. The Morgan fingerprint density at radius 3 is 2.35 bits per heavy atom. The average molecular weight is 231 g/mol. The first-order valence-electron chi connectivity index (χ1n) is 7.13. The average Bonchev–Trinajstić information content (AvgIpc) is 2.66. The molecule has 0 spiro atoms. The first kappa shape index (κ1) is 12.6. The Balaban J connectivity index is 1.78. The van der Waals surface area contributed by atoms with Gasteiger partial charge in [-0.1, -0.05) is 56.0 Å². The Bertz CT molecular complexity index is 299. The van der Waals surface area contributed by atoms with Crippen molar-refractivity contribution in [2.45, 2.75) is 58.0 Å². The Kier molecular flexibility index (Phi) is 5.06. The summed E-state index contributed by atoms with van der Waals surface area (Å²) in [5.41, 5.74) is 1.40. The lowest BCUT2D eigenvalue weighted by Crippen LogP contribution is -2.32. The minimum absolute atomic E-state index is 0.660. The second-order valence-corrected chi connectivity index (χ2v) is 5.41. The van der Waals surface area contributed by atoms with Gasteiger partial charge >= 0.3 is 0 Å². The van der Waals surface area contributed by atoms with Crippen molar-refractivity contribution in [1.82, 2.24) is 5.32 Å². The predicted molar refractivity (Wildman–Crippen MR) is 73.9 cm³/mol. The standard InChI is InChI=1S/C16H25N/c1-14(16-11-7-2-3-8-12-16)17-13-15-9-5-4-6-10-15/h4-6,9-10,14,16-17H,2-3,7-8,11-13H2,1H3/t14-/m0/s1. The zero-order valence-corrected chi connectivity index (χ0v) is 11.0. The van der Waals surface area contributed by atoms with Gasteiger partial charge in [0.05, 0.1) is 0 Å². The summed E-state index contributed by atoms with van der Waals surface area (Å²) in [5.74, 6) is 0.890. The molecular formula is C16H25N. The van der Waals surface area contributed by atoms with E-state index in [0.29, 0.717) is 6.04 Å². The molecule has 1 N–H and O–H groups in total. The molecule has 0 bridgehead atoms. The van der Waals surface area contributed by atoms with E-state index in [2.05, 4.69) is 42.6 Å². The molecule has 1 aromatic rings. The van der Waals surface area contributed by atoms with E-state index < -0.39 is 0 Å². The van der Waals surface area contributed by atoms with Gasteiger partial charge in [0.2, 0.25) is 0 Å². The fraction of sp³-hybridized carbons (Fsp3) is 0.625. The summed E-state index contributed by atoms with van der Waals surface area (Å²) in [4.78, 5) is 0. The summed E-state index contributed by atoms with van der Waals surface area (Å²) in [6.45, 7) is 3.37. The van der Waals surface area contributed by atoms with Crippen LogP contribution < -0.4 is 5.32 Å². The molecule has 0 unspecified atom stereocenters. The second-order valence-electron chi connectivity index (χ2n) is 5.41. The highest BCUT2D eigenvalue weighted by atomic mass is 14.9. The van der Waals surface area contributed by atoms with Gasteiger partial charge in [-0.25, -0.2) is 0 Å². The van der Waals surface area contributed by atoms with Gasteiger partial charge in [0.15, 0.2) is 0 Å². The predicted octanol–water partition coefficient (Wildman–Crippen LogP) is 4.14. The fourth-order valence-corrected chi connectivity index (χ4v) is 2.85. The highest BCUT2D eigenvalue weighted by molar-refractivity contribution is 5.14. The van der Waals surface area contributed by atoms with E-state index in [1.165, 1.54) is 44.1 Å². The lowest BCUT2D eigenvalue weighted by atomic mass is 9.93. The minimum atomic E-state index is 0.660. The molecule has 1 nitrogen and oxygen atoms in total. The van der Waals surface area contributed by atoms with Crippen LogP contribution in [-0.2, 0) is 6.54 Å². The van der Waals surface area contributed by atoms with Crippen LogP contribution in [0.1, 0.15) is 51.0 Å². The van der Waals surface area contributed by atoms with Crippen LogP contribution in [0.5, 0.6) is 0 Å². The quantitative estimate of drug-likeness (QED) is 0.768. The van der Waals surface area contributed by atoms with Gasteiger partial charge in [-0.05, 0) is 31.2 Å². The molecule has 0 radical (unpaired) electrons. The molecule has 2 rings (SSSR count). The van der Waals surface area contributed by atoms with E-state index in [4.69, 9.17) is 0 Å². The molecule has 0 aromatic heterocycles. The van der Waals surface area contributed by atoms with E-state index in [1.807, 2.05) is 0 Å². The number of nitrogens with one attached hydrogen (secondary N) is 1. The van der Waals surface area contributed by atoms with Crippen LogP contribution in [0.25, 0.3) is 0 Å². The molecule has 0 heterocycles. The van der Waals surface area contributed by atoms with E-state index in [-0.39, 0.29) is 0 Å². The van der Waals surface area contributed by atoms with Crippen molar-refractivity contribution in [1.29, 1.82) is 0 Å². The molecular weight excluding hydrogens is 206 g/mol. The van der Waals surface area contributed by atoms with Crippen LogP contribution in [0.2, 0.25) is 0 Å². The molecule has 1 saturated carbocycles. The topological polar surface area (TPSA) is 12.0 Å². The van der Waals surface area contributed by atoms with E-state index >= 15 is 0 Å². The molecule has 0 aliphatic heterocycles. The summed E-state index contributed by atoms with van der Waals surface area (Å²) in [5, 5.41) is 3.70. The number of rotatable bonds is 4.